The molecule has 1 aliphatic rings. The van der Waals surface area contributed by atoms with Crippen molar-refractivity contribution in [2.75, 3.05) is 26.2 Å². The largest absolute Gasteiger partial charge is 0.465 e. The zero-order valence-electron chi connectivity index (χ0n) is 9.95. The second-order valence-electron chi connectivity index (χ2n) is 4.12. The number of ether oxygens (including phenoxy) is 1. The molecule has 16 heavy (non-hydrogen) atoms. The molecular weight excluding hydrogens is 204 g/mol. The lowest BCUT2D eigenvalue weighted by atomic mass is 10.1. The van der Waals surface area contributed by atoms with Gasteiger partial charge in [0, 0.05) is 0 Å². The van der Waals surface area contributed by atoms with Gasteiger partial charge in [-0.05, 0) is 45.8 Å². The number of hydrogen-bond donors (Lipinski definition) is 0. The normalized spacial score (nSPS) is 18.8. The van der Waals surface area contributed by atoms with Crippen molar-refractivity contribution in [1.29, 1.82) is 5.26 Å². The summed E-state index contributed by atoms with van der Waals surface area (Å²) in [6.07, 6.45) is 4.36. The number of carbonyl (C=O) groups excluding carboxylic acids is 1. The van der Waals surface area contributed by atoms with Crippen LogP contribution >= 0.6 is 0 Å². The molecule has 1 rings (SSSR count). The van der Waals surface area contributed by atoms with Crippen molar-refractivity contribution in [2.24, 2.45) is 5.92 Å². The lowest BCUT2D eigenvalue weighted by Gasteiger charge is -2.26. The Morgan fingerprint density at radius 1 is 1.44 bits per heavy atom. The van der Waals surface area contributed by atoms with Gasteiger partial charge < -0.3 is 9.64 Å². The molecule has 1 heterocycles. The molecule has 0 aromatic heterocycles. The minimum absolute atomic E-state index is 0.348. The quantitative estimate of drug-likeness (QED) is 0.665. The fourth-order valence-electron chi connectivity index (χ4n) is 1.97. The van der Waals surface area contributed by atoms with Crippen LogP contribution in [0.2, 0.25) is 0 Å². The van der Waals surface area contributed by atoms with Gasteiger partial charge in [0.05, 0.1) is 12.7 Å². The number of nitriles is 1. The molecule has 0 spiro atoms. The molecule has 0 N–H and O–H groups in total. The zero-order valence-corrected chi connectivity index (χ0v) is 9.95. The first-order valence-corrected chi connectivity index (χ1v) is 6.06. The highest BCUT2D eigenvalue weighted by molar-refractivity contribution is 5.75. The Morgan fingerprint density at radius 2 is 2.12 bits per heavy atom. The van der Waals surface area contributed by atoms with Crippen molar-refractivity contribution in [2.45, 2.75) is 32.6 Å². The van der Waals surface area contributed by atoms with Crippen LogP contribution in [0.4, 0.5) is 0 Å². The van der Waals surface area contributed by atoms with E-state index in [-0.39, 0.29) is 5.97 Å². The van der Waals surface area contributed by atoms with E-state index >= 15 is 0 Å². The summed E-state index contributed by atoms with van der Waals surface area (Å²) in [5.41, 5.74) is 0. The summed E-state index contributed by atoms with van der Waals surface area (Å²) in [4.78, 5) is 13.7. The SMILES string of the molecule is CCOC(=O)C(C#N)CCN1CCCCC1. The smallest absolute Gasteiger partial charge is 0.323 e. The van der Waals surface area contributed by atoms with E-state index in [9.17, 15) is 4.79 Å². The van der Waals surface area contributed by atoms with Crippen LogP contribution in [0.3, 0.4) is 0 Å². The third-order valence-electron chi connectivity index (χ3n) is 2.91. The Hall–Kier alpha value is -1.08. The second-order valence-corrected chi connectivity index (χ2v) is 4.12. The molecule has 1 aliphatic heterocycles. The first kappa shape index (κ1) is 13.0. The van der Waals surface area contributed by atoms with Crippen LogP contribution in [0.15, 0.2) is 0 Å². The molecule has 0 bridgehead atoms. The van der Waals surface area contributed by atoms with Gasteiger partial charge in [0.25, 0.3) is 0 Å². The summed E-state index contributed by atoms with van der Waals surface area (Å²) in [5, 5.41) is 8.88. The minimum Gasteiger partial charge on any atom is -0.465 e. The van der Waals surface area contributed by atoms with Crippen LogP contribution in [0.1, 0.15) is 32.6 Å². The summed E-state index contributed by atoms with van der Waals surface area (Å²) in [7, 11) is 0. The molecular formula is C12H20N2O2. The minimum atomic E-state index is -0.595. The number of nitrogens with zero attached hydrogens (tertiary/aromatic N) is 2. The number of carbonyl (C=O) groups is 1. The lowest BCUT2D eigenvalue weighted by molar-refractivity contribution is -0.146. The van der Waals surface area contributed by atoms with Gasteiger partial charge in [-0.1, -0.05) is 6.42 Å². The van der Waals surface area contributed by atoms with Gasteiger partial charge in [0.2, 0.25) is 0 Å². The highest BCUT2D eigenvalue weighted by Crippen LogP contribution is 2.12. The van der Waals surface area contributed by atoms with Crippen LogP contribution in [0.25, 0.3) is 0 Å². The first-order chi connectivity index (χ1) is 7.77. The van der Waals surface area contributed by atoms with Crippen LogP contribution in [0.5, 0.6) is 0 Å². The zero-order chi connectivity index (χ0) is 11.8. The van der Waals surface area contributed by atoms with Gasteiger partial charge in [-0.15, -0.1) is 0 Å². The van der Waals surface area contributed by atoms with E-state index in [1.54, 1.807) is 6.92 Å². The molecule has 0 aromatic rings. The Balaban J connectivity index is 2.27. The van der Waals surface area contributed by atoms with Gasteiger partial charge in [-0.25, -0.2) is 0 Å². The molecule has 4 heteroatoms. The molecule has 0 amide bonds. The third kappa shape index (κ3) is 4.19. The van der Waals surface area contributed by atoms with Crippen LogP contribution in [-0.4, -0.2) is 37.1 Å². The van der Waals surface area contributed by atoms with Gasteiger partial charge in [0.15, 0.2) is 0 Å². The average Bonchev–Trinajstić information content (AvgIpc) is 2.31. The molecule has 1 atom stereocenters. The van der Waals surface area contributed by atoms with Gasteiger partial charge in [-0.2, -0.15) is 5.26 Å². The molecule has 0 aromatic carbocycles. The Morgan fingerprint density at radius 3 is 2.69 bits per heavy atom. The standard InChI is InChI=1S/C12H20N2O2/c1-2-16-12(15)11(10-13)6-9-14-7-4-3-5-8-14/h11H,2-9H2,1H3. The van der Waals surface area contributed by atoms with E-state index in [1.165, 1.54) is 19.3 Å². The molecule has 1 saturated heterocycles. The Kier molecular flexibility index (Phi) is 5.87. The summed E-state index contributed by atoms with van der Waals surface area (Å²) in [6, 6.07) is 2.03. The average molecular weight is 224 g/mol. The molecule has 0 radical (unpaired) electrons. The molecule has 4 nitrogen and oxygen atoms in total. The maximum absolute atomic E-state index is 11.4. The monoisotopic (exact) mass is 224 g/mol. The number of likely N-dealkylation sites (tertiary alicyclic amines) is 1. The maximum atomic E-state index is 11.4. The number of rotatable bonds is 5. The van der Waals surface area contributed by atoms with E-state index in [2.05, 4.69) is 4.90 Å². The van der Waals surface area contributed by atoms with Crippen LogP contribution < -0.4 is 0 Å². The van der Waals surface area contributed by atoms with Gasteiger partial charge in [-0.3, -0.25) is 4.79 Å². The van der Waals surface area contributed by atoms with Gasteiger partial charge in [0.1, 0.15) is 5.92 Å². The summed E-state index contributed by atoms with van der Waals surface area (Å²) in [6.45, 7) is 5.14. The number of esters is 1. The maximum Gasteiger partial charge on any atom is 0.323 e. The van der Waals surface area contributed by atoms with Gasteiger partial charge >= 0.3 is 5.97 Å². The van der Waals surface area contributed by atoms with Crippen molar-refractivity contribution >= 4 is 5.97 Å². The van der Waals surface area contributed by atoms with E-state index in [1.807, 2.05) is 6.07 Å². The number of hydrogen-bond acceptors (Lipinski definition) is 4. The molecule has 1 unspecified atom stereocenters. The van der Waals surface area contributed by atoms with Crippen LogP contribution in [0, 0.1) is 17.2 Å². The van der Waals surface area contributed by atoms with E-state index < -0.39 is 5.92 Å². The second kappa shape index (κ2) is 7.24. The highest BCUT2D eigenvalue weighted by atomic mass is 16.5. The molecule has 90 valence electrons. The fourth-order valence-corrected chi connectivity index (χ4v) is 1.97. The van der Waals surface area contributed by atoms with Crippen molar-refractivity contribution in [3.8, 4) is 6.07 Å². The topological polar surface area (TPSA) is 53.3 Å². The highest BCUT2D eigenvalue weighted by Gasteiger charge is 2.20. The van der Waals surface area contributed by atoms with Crippen molar-refractivity contribution in [3.63, 3.8) is 0 Å². The third-order valence-corrected chi connectivity index (χ3v) is 2.91. The molecule has 1 fully saturated rings. The van der Waals surface area contributed by atoms with Crippen molar-refractivity contribution < 1.29 is 9.53 Å². The summed E-state index contributed by atoms with van der Waals surface area (Å²) in [5.74, 6) is -0.969. The fraction of sp³-hybridized carbons (Fsp3) is 0.833. The summed E-state index contributed by atoms with van der Waals surface area (Å²) >= 11 is 0. The lowest BCUT2D eigenvalue weighted by Crippen LogP contribution is -2.32. The van der Waals surface area contributed by atoms with Crippen LogP contribution in [-0.2, 0) is 9.53 Å². The Bertz CT molecular complexity index is 254. The predicted octanol–water partition coefficient (Wildman–Crippen LogP) is 1.57. The molecule has 0 saturated carbocycles. The summed E-state index contributed by atoms with van der Waals surface area (Å²) < 4.78 is 4.85. The van der Waals surface area contributed by atoms with E-state index in [0.717, 1.165) is 19.6 Å². The van der Waals surface area contributed by atoms with Crippen molar-refractivity contribution in [1.82, 2.24) is 4.90 Å². The Labute approximate surface area is 97.2 Å². The first-order valence-electron chi connectivity index (χ1n) is 6.06. The predicted molar refractivity (Wildman–Crippen MR) is 60.6 cm³/mol. The van der Waals surface area contributed by atoms with E-state index in [0.29, 0.717) is 13.0 Å². The number of piperidine rings is 1. The van der Waals surface area contributed by atoms with Crippen molar-refractivity contribution in [3.05, 3.63) is 0 Å². The van der Waals surface area contributed by atoms with E-state index in [4.69, 9.17) is 10.00 Å². The molecule has 0 aliphatic carbocycles.